The maximum atomic E-state index is 13.2. The summed E-state index contributed by atoms with van der Waals surface area (Å²) in [7, 11) is 0. The van der Waals surface area contributed by atoms with Crippen molar-refractivity contribution in [2.75, 3.05) is 18.1 Å². The van der Waals surface area contributed by atoms with Gasteiger partial charge in [0.05, 0.1) is 12.9 Å². The molecule has 1 N–H and O–H groups in total. The molecule has 0 radical (unpaired) electrons. The summed E-state index contributed by atoms with van der Waals surface area (Å²) in [6.07, 6.45) is 6.75. The Balaban J connectivity index is 1.54. The number of carbonyl (C=O) groups is 1. The molecule has 6 heteroatoms. The smallest absolute Gasteiger partial charge is 0.263 e. The molecule has 0 spiro atoms. The van der Waals surface area contributed by atoms with Crippen LogP contribution in [0.15, 0.2) is 49.1 Å². The standard InChI is InChI=1S/C21H24N4OS/c1-16-17(2)27-21-19(16)13-24(11-6-10-23-12-9-22-14-23)15-25(21)20(26)18-7-4-3-5-8-18/h3-5,7-9,12,14H,6,10-11,13,15H2,1-2H3/p+1. The number of quaternary nitrogens is 1. The predicted molar refractivity (Wildman–Crippen MR) is 108 cm³/mol. The molecule has 4 rings (SSSR count). The van der Waals surface area contributed by atoms with Crippen molar-refractivity contribution in [3.8, 4) is 0 Å². The molecule has 0 aliphatic carbocycles. The van der Waals surface area contributed by atoms with Gasteiger partial charge in [-0.05, 0) is 31.5 Å². The highest BCUT2D eigenvalue weighted by molar-refractivity contribution is 7.16. The summed E-state index contributed by atoms with van der Waals surface area (Å²) in [6.45, 7) is 8.06. The second-order valence-corrected chi connectivity index (χ2v) is 8.36. The highest BCUT2D eigenvalue weighted by Crippen LogP contribution is 2.36. The quantitative estimate of drug-likeness (QED) is 0.738. The average Bonchev–Trinajstić information content (AvgIpc) is 3.30. The number of aromatic nitrogens is 2. The number of hydrogen-bond donors (Lipinski definition) is 1. The van der Waals surface area contributed by atoms with E-state index < -0.39 is 0 Å². The predicted octanol–water partition coefficient (Wildman–Crippen LogP) is 2.65. The zero-order valence-electron chi connectivity index (χ0n) is 15.8. The van der Waals surface area contributed by atoms with Gasteiger partial charge in [-0.25, -0.2) is 4.98 Å². The van der Waals surface area contributed by atoms with Crippen molar-refractivity contribution in [3.63, 3.8) is 0 Å². The highest BCUT2D eigenvalue weighted by Gasteiger charge is 2.33. The molecule has 1 atom stereocenters. The lowest BCUT2D eigenvalue weighted by atomic mass is 10.1. The van der Waals surface area contributed by atoms with E-state index in [-0.39, 0.29) is 5.91 Å². The van der Waals surface area contributed by atoms with Gasteiger partial charge in [0, 0.05) is 41.4 Å². The molecule has 1 unspecified atom stereocenters. The normalized spacial score (nSPS) is 16.4. The SMILES string of the molecule is Cc1sc2c(c1C)C[NH+](CCCn1ccnc1)CN2C(=O)c1ccccc1. The van der Waals surface area contributed by atoms with E-state index in [1.165, 1.54) is 20.9 Å². The molecule has 1 aliphatic rings. The fraction of sp³-hybridized carbons (Fsp3) is 0.333. The number of aryl methyl sites for hydroxylation is 2. The number of fused-ring (bicyclic) bond motifs is 1. The first kappa shape index (κ1) is 17.9. The highest BCUT2D eigenvalue weighted by atomic mass is 32.1. The number of thiophene rings is 1. The molecular formula is C21H25N4OS+. The molecule has 3 aromatic rings. The van der Waals surface area contributed by atoms with Gasteiger partial charge in [-0.1, -0.05) is 18.2 Å². The van der Waals surface area contributed by atoms with Crippen LogP contribution in [0.5, 0.6) is 0 Å². The van der Waals surface area contributed by atoms with Crippen molar-refractivity contribution >= 4 is 22.2 Å². The van der Waals surface area contributed by atoms with E-state index in [9.17, 15) is 4.79 Å². The van der Waals surface area contributed by atoms with Gasteiger partial charge in [-0.15, -0.1) is 11.3 Å². The van der Waals surface area contributed by atoms with Crippen LogP contribution in [0.3, 0.4) is 0 Å². The lowest BCUT2D eigenvalue weighted by Gasteiger charge is -2.33. The van der Waals surface area contributed by atoms with Gasteiger partial charge in [0.2, 0.25) is 0 Å². The molecule has 0 fully saturated rings. The van der Waals surface area contributed by atoms with Gasteiger partial charge in [-0.2, -0.15) is 0 Å². The van der Waals surface area contributed by atoms with Gasteiger partial charge < -0.3 is 9.47 Å². The maximum absolute atomic E-state index is 13.2. The molecule has 1 aromatic carbocycles. The van der Waals surface area contributed by atoms with Gasteiger partial charge >= 0.3 is 0 Å². The summed E-state index contributed by atoms with van der Waals surface area (Å²) >= 11 is 1.75. The summed E-state index contributed by atoms with van der Waals surface area (Å²) in [5, 5.41) is 1.14. The fourth-order valence-corrected chi connectivity index (χ4v) is 4.85. The Morgan fingerprint density at radius 2 is 2.07 bits per heavy atom. The van der Waals surface area contributed by atoms with Gasteiger partial charge in [0.25, 0.3) is 5.91 Å². The molecule has 5 nitrogen and oxygen atoms in total. The van der Waals surface area contributed by atoms with Crippen molar-refractivity contribution < 1.29 is 9.69 Å². The molecule has 0 saturated carbocycles. The van der Waals surface area contributed by atoms with E-state index in [0.29, 0.717) is 0 Å². The third-order valence-electron chi connectivity index (χ3n) is 5.31. The van der Waals surface area contributed by atoms with Crippen LogP contribution in [0.2, 0.25) is 0 Å². The maximum Gasteiger partial charge on any atom is 0.263 e. The zero-order chi connectivity index (χ0) is 18.8. The molecule has 2 aromatic heterocycles. The average molecular weight is 382 g/mol. The third kappa shape index (κ3) is 3.68. The molecular weight excluding hydrogens is 356 g/mol. The Morgan fingerprint density at radius 3 is 2.81 bits per heavy atom. The van der Waals surface area contributed by atoms with E-state index in [0.717, 1.165) is 43.3 Å². The lowest BCUT2D eigenvalue weighted by molar-refractivity contribution is -0.914. The first-order valence-electron chi connectivity index (χ1n) is 9.38. The zero-order valence-corrected chi connectivity index (χ0v) is 16.6. The number of nitrogens with one attached hydrogen (secondary N) is 1. The van der Waals surface area contributed by atoms with Crippen molar-refractivity contribution in [1.82, 2.24) is 9.55 Å². The summed E-state index contributed by atoms with van der Waals surface area (Å²) in [6, 6.07) is 9.62. The monoisotopic (exact) mass is 381 g/mol. The van der Waals surface area contributed by atoms with Crippen LogP contribution in [0.25, 0.3) is 0 Å². The van der Waals surface area contributed by atoms with Crippen LogP contribution in [0.4, 0.5) is 5.00 Å². The molecule has 1 amide bonds. The van der Waals surface area contributed by atoms with Gasteiger partial charge in [0.1, 0.15) is 11.5 Å². The van der Waals surface area contributed by atoms with E-state index in [2.05, 4.69) is 23.4 Å². The Bertz CT molecular complexity index is 917. The van der Waals surface area contributed by atoms with Crippen LogP contribution in [0.1, 0.15) is 32.8 Å². The summed E-state index contributed by atoms with van der Waals surface area (Å²) in [5.74, 6) is 0.102. The minimum atomic E-state index is 0.102. The van der Waals surface area contributed by atoms with Crippen molar-refractivity contribution in [3.05, 3.63) is 70.6 Å². The van der Waals surface area contributed by atoms with E-state index in [1.807, 2.05) is 54.0 Å². The fourth-order valence-electron chi connectivity index (χ4n) is 3.68. The Labute approximate surface area is 163 Å². The van der Waals surface area contributed by atoms with Crippen LogP contribution in [-0.2, 0) is 13.1 Å². The summed E-state index contributed by atoms with van der Waals surface area (Å²) in [5.41, 5.74) is 3.44. The Kier molecular flexibility index (Phi) is 5.09. The Morgan fingerprint density at radius 1 is 1.26 bits per heavy atom. The topological polar surface area (TPSA) is 42.6 Å². The number of amides is 1. The number of hydrogen-bond acceptors (Lipinski definition) is 3. The number of nitrogens with zero attached hydrogens (tertiary/aromatic N) is 3. The molecule has 3 heterocycles. The van der Waals surface area contributed by atoms with E-state index in [4.69, 9.17) is 0 Å². The third-order valence-corrected chi connectivity index (χ3v) is 6.59. The van der Waals surface area contributed by atoms with Crippen LogP contribution < -0.4 is 9.80 Å². The minimum Gasteiger partial charge on any atom is -0.337 e. The van der Waals surface area contributed by atoms with Crippen LogP contribution in [0, 0.1) is 13.8 Å². The second kappa shape index (κ2) is 7.66. The van der Waals surface area contributed by atoms with Crippen LogP contribution in [-0.4, -0.2) is 28.7 Å². The summed E-state index contributed by atoms with van der Waals surface area (Å²) in [4.78, 5) is 22.0. The van der Waals surface area contributed by atoms with E-state index >= 15 is 0 Å². The first-order valence-corrected chi connectivity index (χ1v) is 10.2. The molecule has 0 bridgehead atoms. The lowest BCUT2D eigenvalue weighted by Crippen LogP contribution is -3.13. The molecule has 1 aliphatic heterocycles. The molecule has 140 valence electrons. The van der Waals surface area contributed by atoms with Crippen LogP contribution >= 0.6 is 11.3 Å². The van der Waals surface area contributed by atoms with E-state index in [1.54, 1.807) is 11.3 Å². The minimum absolute atomic E-state index is 0.102. The number of carbonyl (C=O) groups excluding carboxylic acids is 1. The second-order valence-electron chi connectivity index (χ2n) is 7.16. The molecule has 27 heavy (non-hydrogen) atoms. The largest absolute Gasteiger partial charge is 0.337 e. The van der Waals surface area contributed by atoms with Crippen molar-refractivity contribution in [2.45, 2.75) is 33.4 Å². The van der Waals surface area contributed by atoms with Gasteiger partial charge in [-0.3, -0.25) is 9.69 Å². The summed E-state index contributed by atoms with van der Waals surface area (Å²) < 4.78 is 2.11. The molecule has 0 saturated heterocycles. The van der Waals surface area contributed by atoms with Crippen molar-refractivity contribution in [2.24, 2.45) is 0 Å². The Hall–Kier alpha value is -2.44. The first-order chi connectivity index (χ1) is 13.1. The van der Waals surface area contributed by atoms with Crippen molar-refractivity contribution in [1.29, 1.82) is 0 Å². The number of rotatable bonds is 5. The number of imidazole rings is 1. The number of anilines is 1. The number of benzene rings is 1. The van der Waals surface area contributed by atoms with Gasteiger partial charge in [0.15, 0.2) is 6.67 Å².